The molecule has 2 unspecified atom stereocenters. The molecule has 0 bridgehead atoms. The van der Waals surface area contributed by atoms with Crippen molar-refractivity contribution in [2.45, 2.75) is 84.6 Å². The maximum Gasteiger partial charge on any atom is 0.331 e. The SMILES string of the molecule is CC(=O)O/N=C(\C)[C@H]1CCC2[C@]3(N)CCC4=CC(=O)CC[C@]4(C)C3CC[C@@]21C. The van der Waals surface area contributed by atoms with E-state index in [0.29, 0.717) is 24.2 Å². The molecule has 4 rings (SSSR count). The number of ketones is 1. The van der Waals surface area contributed by atoms with E-state index in [9.17, 15) is 9.59 Å². The molecule has 0 spiro atoms. The van der Waals surface area contributed by atoms with Gasteiger partial charge in [-0.05, 0) is 80.6 Å². The summed E-state index contributed by atoms with van der Waals surface area (Å²) in [6.07, 6.45) is 9.85. The van der Waals surface area contributed by atoms with Crippen molar-refractivity contribution >= 4 is 17.5 Å². The Morgan fingerprint density at radius 3 is 2.57 bits per heavy atom. The number of oxime groups is 1. The summed E-state index contributed by atoms with van der Waals surface area (Å²) >= 11 is 0. The van der Waals surface area contributed by atoms with Crippen molar-refractivity contribution in [3.63, 3.8) is 0 Å². The first-order valence-electron chi connectivity index (χ1n) is 10.9. The number of fused-ring (bicyclic) bond motifs is 5. The molecule has 0 aromatic heterocycles. The minimum absolute atomic E-state index is 0.0706. The summed E-state index contributed by atoms with van der Waals surface area (Å²) in [5.41, 5.74) is 9.57. The highest BCUT2D eigenvalue weighted by molar-refractivity contribution is 5.91. The summed E-state index contributed by atoms with van der Waals surface area (Å²) in [5.74, 6) is 1.12. The zero-order valence-corrected chi connectivity index (χ0v) is 17.7. The largest absolute Gasteiger partial charge is 0.331 e. The zero-order chi connectivity index (χ0) is 20.3. The second kappa shape index (κ2) is 6.51. The Labute approximate surface area is 168 Å². The standard InChI is InChI=1S/C23H34N2O3/c1-14(25-28-15(2)26)18-5-6-19-22(18,4)11-9-20-21(3)10-8-17(27)13-16(21)7-12-23(19,20)24/h13,18-20H,5-12,24H2,1-4H3/b25-14+/t18-,19?,20?,21+,22-,23-/m1/s1. The number of nitrogens with two attached hydrogens (primary N) is 1. The van der Waals surface area contributed by atoms with Crippen LogP contribution in [0.4, 0.5) is 0 Å². The van der Waals surface area contributed by atoms with Gasteiger partial charge in [0.1, 0.15) is 0 Å². The first-order valence-corrected chi connectivity index (χ1v) is 10.9. The van der Waals surface area contributed by atoms with E-state index in [4.69, 9.17) is 10.6 Å². The van der Waals surface area contributed by atoms with Gasteiger partial charge in [-0.3, -0.25) is 4.79 Å². The van der Waals surface area contributed by atoms with E-state index in [-0.39, 0.29) is 28.1 Å². The van der Waals surface area contributed by atoms with E-state index in [0.717, 1.165) is 50.7 Å². The molecule has 0 saturated heterocycles. The predicted octanol–water partition coefficient (Wildman–Crippen LogP) is 4.15. The number of hydrogen-bond donors (Lipinski definition) is 1. The molecule has 0 aromatic rings. The first-order chi connectivity index (χ1) is 13.1. The van der Waals surface area contributed by atoms with Crippen molar-refractivity contribution in [1.29, 1.82) is 0 Å². The summed E-state index contributed by atoms with van der Waals surface area (Å²) < 4.78 is 0. The maximum absolute atomic E-state index is 12.0. The Balaban J connectivity index is 1.65. The smallest absolute Gasteiger partial charge is 0.325 e. The number of carbonyl (C=O) groups excluding carboxylic acids is 2. The summed E-state index contributed by atoms with van der Waals surface area (Å²) in [5, 5.41) is 4.14. The average Bonchev–Trinajstić information content (AvgIpc) is 2.99. The average molecular weight is 387 g/mol. The Kier molecular flexibility index (Phi) is 4.61. The van der Waals surface area contributed by atoms with E-state index < -0.39 is 0 Å². The molecule has 5 nitrogen and oxygen atoms in total. The molecule has 2 N–H and O–H groups in total. The summed E-state index contributed by atoms with van der Waals surface area (Å²) in [6, 6.07) is 0. The lowest BCUT2D eigenvalue weighted by molar-refractivity contribution is -0.141. The third-order valence-corrected chi connectivity index (χ3v) is 8.98. The number of carbonyl (C=O) groups is 2. The third-order valence-electron chi connectivity index (χ3n) is 8.98. The number of hydrogen-bond acceptors (Lipinski definition) is 5. The number of rotatable bonds is 2. The molecular formula is C23H34N2O3. The maximum atomic E-state index is 12.0. The summed E-state index contributed by atoms with van der Waals surface area (Å²) in [7, 11) is 0. The molecule has 0 radical (unpaired) electrons. The lowest BCUT2D eigenvalue weighted by Crippen LogP contribution is -2.66. The predicted molar refractivity (Wildman–Crippen MR) is 109 cm³/mol. The zero-order valence-electron chi connectivity index (χ0n) is 17.7. The lowest BCUT2D eigenvalue weighted by atomic mass is 9.43. The Morgan fingerprint density at radius 2 is 1.86 bits per heavy atom. The second-order valence-corrected chi connectivity index (χ2v) is 10.3. The van der Waals surface area contributed by atoms with Gasteiger partial charge in [-0.25, -0.2) is 4.79 Å². The quantitative estimate of drug-likeness (QED) is 0.439. The molecule has 28 heavy (non-hydrogen) atoms. The molecule has 4 aliphatic rings. The van der Waals surface area contributed by atoms with Crippen molar-refractivity contribution < 1.29 is 14.4 Å². The van der Waals surface area contributed by atoms with Crippen molar-refractivity contribution in [3.05, 3.63) is 11.6 Å². The highest BCUT2D eigenvalue weighted by Crippen LogP contribution is 2.67. The Bertz CT molecular complexity index is 772. The van der Waals surface area contributed by atoms with Crippen LogP contribution in [0.5, 0.6) is 0 Å². The van der Waals surface area contributed by atoms with Gasteiger partial charge in [0.05, 0.1) is 5.71 Å². The normalized spacial score (nSPS) is 45.6. The Hall–Kier alpha value is -1.49. The molecule has 0 aromatic carbocycles. The fraction of sp³-hybridized carbons (Fsp3) is 0.783. The van der Waals surface area contributed by atoms with Crippen LogP contribution in [0.25, 0.3) is 0 Å². The van der Waals surface area contributed by atoms with Crippen LogP contribution in [0.15, 0.2) is 16.8 Å². The van der Waals surface area contributed by atoms with E-state index >= 15 is 0 Å². The Morgan fingerprint density at radius 1 is 1.11 bits per heavy atom. The molecule has 3 fully saturated rings. The van der Waals surface area contributed by atoms with Crippen LogP contribution in [-0.2, 0) is 14.4 Å². The number of allylic oxidation sites excluding steroid dienone is 1. The molecule has 3 saturated carbocycles. The molecule has 154 valence electrons. The van der Waals surface area contributed by atoms with Crippen LogP contribution in [0.3, 0.4) is 0 Å². The summed E-state index contributed by atoms with van der Waals surface area (Å²) in [4.78, 5) is 28.1. The van der Waals surface area contributed by atoms with Gasteiger partial charge in [-0.1, -0.05) is 24.6 Å². The van der Waals surface area contributed by atoms with Gasteiger partial charge in [-0.2, -0.15) is 0 Å². The van der Waals surface area contributed by atoms with Crippen molar-refractivity contribution in [2.75, 3.05) is 0 Å². The van der Waals surface area contributed by atoms with Gasteiger partial charge in [0.2, 0.25) is 0 Å². The van der Waals surface area contributed by atoms with Crippen molar-refractivity contribution in [1.82, 2.24) is 0 Å². The third kappa shape index (κ3) is 2.72. The molecular weight excluding hydrogens is 352 g/mol. The van der Waals surface area contributed by atoms with Crippen LogP contribution >= 0.6 is 0 Å². The van der Waals surface area contributed by atoms with Gasteiger partial charge >= 0.3 is 5.97 Å². The molecule has 5 heteroatoms. The van der Waals surface area contributed by atoms with Crippen LogP contribution in [-0.4, -0.2) is 23.0 Å². The molecule has 6 atom stereocenters. The molecule has 0 amide bonds. The van der Waals surface area contributed by atoms with Crippen LogP contribution < -0.4 is 5.73 Å². The monoisotopic (exact) mass is 386 g/mol. The van der Waals surface area contributed by atoms with E-state index in [2.05, 4.69) is 19.0 Å². The van der Waals surface area contributed by atoms with Gasteiger partial charge in [-0.15, -0.1) is 0 Å². The van der Waals surface area contributed by atoms with Gasteiger partial charge in [0.15, 0.2) is 5.78 Å². The van der Waals surface area contributed by atoms with Crippen LogP contribution in [0, 0.1) is 28.6 Å². The highest BCUT2D eigenvalue weighted by atomic mass is 16.7. The van der Waals surface area contributed by atoms with Gasteiger partial charge in [0, 0.05) is 24.8 Å². The second-order valence-electron chi connectivity index (χ2n) is 10.3. The first kappa shape index (κ1) is 19.8. The van der Waals surface area contributed by atoms with Crippen LogP contribution in [0.1, 0.15) is 79.1 Å². The van der Waals surface area contributed by atoms with Crippen molar-refractivity contribution in [2.24, 2.45) is 39.5 Å². The lowest BCUT2D eigenvalue weighted by Gasteiger charge is -2.63. The van der Waals surface area contributed by atoms with Crippen molar-refractivity contribution in [3.8, 4) is 0 Å². The minimum Gasteiger partial charge on any atom is -0.325 e. The molecule has 0 heterocycles. The fourth-order valence-corrected chi connectivity index (χ4v) is 7.66. The number of nitrogens with zero attached hydrogens (tertiary/aromatic N) is 1. The summed E-state index contributed by atoms with van der Waals surface area (Å²) in [6.45, 7) is 8.12. The van der Waals surface area contributed by atoms with E-state index in [1.807, 2.05) is 13.0 Å². The fourth-order valence-electron chi connectivity index (χ4n) is 7.66. The van der Waals surface area contributed by atoms with E-state index in [1.165, 1.54) is 12.5 Å². The van der Waals surface area contributed by atoms with Gasteiger partial charge < -0.3 is 10.6 Å². The minimum atomic E-state index is -0.371. The van der Waals surface area contributed by atoms with Crippen LogP contribution in [0.2, 0.25) is 0 Å². The van der Waals surface area contributed by atoms with E-state index in [1.54, 1.807) is 0 Å². The topological polar surface area (TPSA) is 81.8 Å². The molecule has 0 aliphatic heterocycles. The highest BCUT2D eigenvalue weighted by Gasteiger charge is 2.64. The molecule has 4 aliphatic carbocycles. The van der Waals surface area contributed by atoms with Gasteiger partial charge in [0.25, 0.3) is 0 Å².